The van der Waals surface area contributed by atoms with Crippen molar-refractivity contribution in [2.45, 2.75) is 52.6 Å². The van der Waals surface area contributed by atoms with Crippen LogP contribution in [0.3, 0.4) is 0 Å². The number of benzene rings is 4. The molecule has 0 fully saturated rings. The van der Waals surface area contributed by atoms with Gasteiger partial charge in [-0.05, 0) is 43.5 Å². The molecule has 0 bridgehead atoms. The predicted molar refractivity (Wildman–Crippen MR) is 175 cm³/mol. The number of aliphatic carboxylic acids is 1. The lowest BCUT2D eigenvalue weighted by Gasteiger charge is -2.26. The summed E-state index contributed by atoms with van der Waals surface area (Å²) < 4.78 is 15.0. The highest BCUT2D eigenvalue weighted by atomic mass is 16.5. The molecule has 0 saturated heterocycles. The van der Waals surface area contributed by atoms with Gasteiger partial charge in [-0.15, -0.1) is 0 Å². The van der Waals surface area contributed by atoms with Crippen LogP contribution in [-0.4, -0.2) is 33.1 Å². The Labute approximate surface area is 259 Å². The molecule has 44 heavy (non-hydrogen) atoms. The molecule has 0 aliphatic rings. The fourth-order valence-corrected chi connectivity index (χ4v) is 5.52. The van der Waals surface area contributed by atoms with Crippen LogP contribution in [0, 0.1) is 13.8 Å². The molecule has 7 heteroatoms. The van der Waals surface area contributed by atoms with E-state index < -0.39 is 12.0 Å². The van der Waals surface area contributed by atoms with Gasteiger partial charge in [0.1, 0.15) is 30.8 Å². The monoisotopic (exact) mass is 591 g/mol. The molecule has 3 N–H and O–H groups in total. The molecule has 0 spiro atoms. The van der Waals surface area contributed by atoms with Gasteiger partial charge >= 0.3 is 5.97 Å². The van der Waals surface area contributed by atoms with Crippen LogP contribution in [0.1, 0.15) is 39.8 Å². The maximum atomic E-state index is 11.6. The highest BCUT2D eigenvalue weighted by molar-refractivity contribution is 5.87. The van der Waals surface area contributed by atoms with Crippen molar-refractivity contribution in [2.75, 3.05) is 6.54 Å². The molecular weight excluding hydrogens is 550 g/mol. The predicted octanol–water partition coefficient (Wildman–Crippen LogP) is 6.76. The number of ether oxygens (including phenoxy) is 2. The lowest BCUT2D eigenvalue weighted by atomic mass is 10.1. The maximum absolute atomic E-state index is 11.6. The van der Waals surface area contributed by atoms with Crippen molar-refractivity contribution in [2.24, 2.45) is 12.8 Å². The molecule has 5 aromatic rings. The number of hydrogen-bond donors (Lipinski definition) is 2. The fraction of sp³-hybridized carbons (Fsp3) is 0.270. The second-order valence-electron chi connectivity index (χ2n) is 11.5. The van der Waals surface area contributed by atoms with E-state index in [4.69, 9.17) is 15.2 Å². The summed E-state index contributed by atoms with van der Waals surface area (Å²) in [7, 11) is 2.02. The van der Waals surface area contributed by atoms with Gasteiger partial charge in [0.2, 0.25) is 0 Å². The summed E-state index contributed by atoms with van der Waals surface area (Å²) in [6.45, 7) is 6.64. The normalized spacial score (nSPS) is 12.0. The van der Waals surface area contributed by atoms with E-state index in [-0.39, 0.29) is 0 Å². The smallest absolute Gasteiger partial charge is 0.320 e. The number of carbonyl (C=O) groups is 1. The van der Waals surface area contributed by atoms with Crippen molar-refractivity contribution in [1.29, 1.82) is 0 Å². The summed E-state index contributed by atoms with van der Waals surface area (Å²) >= 11 is 0. The Kier molecular flexibility index (Phi) is 10.00. The molecule has 0 saturated carbocycles. The lowest BCUT2D eigenvalue weighted by molar-refractivity contribution is -0.138. The summed E-state index contributed by atoms with van der Waals surface area (Å²) in [6, 6.07) is 30.0. The van der Waals surface area contributed by atoms with Crippen molar-refractivity contribution in [3.63, 3.8) is 0 Å². The highest BCUT2D eigenvalue weighted by Crippen LogP contribution is 2.33. The van der Waals surface area contributed by atoms with Crippen molar-refractivity contribution in [3.8, 4) is 11.5 Å². The molecule has 1 atom stereocenters. The summed E-state index contributed by atoms with van der Waals surface area (Å²) in [5.41, 5.74) is 13.6. The number of fused-ring (bicyclic) bond motifs is 1. The van der Waals surface area contributed by atoms with Gasteiger partial charge in [0.05, 0.1) is 5.52 Å². The number of aromatic nitrogens is 1. The Balaban J connectivity index is 1.43. The molecule has 0 radical (unpaired) electrons. The Morgan fingerprint density at radius 3 is 2.18 bits per heavy atom. The van der Waals surface area contributed by atoms with Gasteiger partial charge < -0.3 is 24.9 Å². The lowest BCUT2D eigenvalue weighted by Crippen LogP contribution is -2.35. The summed E-state index contributed by atoms with van der Waals surface area (Å²) in [5, 5.41) is 10.6. The van der Waals surface area contributed by atoms with Gasteiger partial charge in [0, 0.05) is 49.4 Å². The number of nitrogens with zero attached hydrogens (tertiary/aromatic N) is 2. The Bertz CT molecular complexity index is 1730. The van der Waals surface area contributed by atoms with E-state index in [1.807, 2.05) is 43.6 Å². The van der Waals surface area contributed by atoms with Gasteiger partial charge in [-0.25, -0.2) is 0 Å². The van der Waals surface area contributed by atoms with Gasteiger partial charge in [0.15, 0.2) is 0 Å². The van der Waals surface area contributed by atoms with Gasteiger partial charge in [-0.3, -0.25) is 9.69 Å². The van der Waals surface area contributed by atoms with E-state index in [9.17, 15) is 9.90 Å². The third-order valence-electron chi connectivity index (χ3n) is 7.85. The van der Waals surface area contributed by atoms with Crippen LogP contribution in [0.4, 0.5) is 0 Å². The van der Waals surface area contributed by atoms with Crippen LogP contribution >= 0.6 is 0 Å². The van der Waals surface area contributed by atoms with E-state index in [2.05, 4.69) is 84.0 Å². The molecule has 5 rings (SSSR count). The molecule has 0 unspecified atom stereocenters. The first-order chi connectivity index (χ1) is 21.3. The minimum Gasteiger partial charge on any atom is -0.489 e. The first kappa shape index (κ1) is 30.9. The highest BCUT2D eigenvalue weighted by Gasteiger charge is 2.20. The second-order valence-corrected chi connectivity index (χ2v) is 11.5. The van der Waals surface area contributed by atoms with Gasteiger partial charge in [-0.2, -0.15) is 0 Å². The number of para-hydroxylation sites is 1. The van der Waals surface area contributed by atoms with Crippen LogP contribution in [0.15, 0.2) is 97.2 Å². The summed E-state index contributed by atoms with van der Waals surface area (Å²) in [4.78, 5) is 13.8. The number of rotatable bonds is 14. The Morgan fingerprint density at radius 1 is 0.841 bits per heavy atom. The van der Waals surface area contributed by atoms with E-state index in [0.717, 1.165) is 44.7 Å². The van der Waals surface area contributed by atoms with E-state index in [0.29, 0.717) is 39.3 Å². The van der Waals surface area contributed by atoms with Crippen LogP contribution in [-0.2, 0) is 38.1 Å². The SMILES string of the molecule is Cc1cccc(COc2ccccc2CN(CC[C@H](N)C(=O)O)Cc2ccc3ccn(C)c3c2OCc2cccc(C)c2)c1. The molecule has 0 aliphatic heterocycles. The molecule has 1 aromatic heterocycles. The van der Waals surface area contributed by atoms with E-state index >= 15 is 0 Å². The number of carboxylic acid groups (broad SMARTS) is 1. The Hall–Kier alpha value is -4.59. The fourth-order valence-electron chi connectivity index (χ4n) is 5.52. The number of aryl methyl sites for hydroxylation is 3. The first-order valence-electron chi connectivity index (χ1n) is 15.0. The zero-order chi connectivity index (χ0) is 31.1. The quantitative estimate of drug-likeness (QED) is 0.148. The minimum absolute atomic E-state index is 0.313. The van der Waals surface area contributed by atoms with Crippen LogP contribution < -0.4 is 15.2 Å². The van der Waals surface area contributed by atoms with Crippen molar-refractivity contribution in [3.05, 3.63) is 131 Å². The summed E-state index contributed by atoms with van der Waals surface area (Å²) in [5.74, 6) is 0.627. The third kappa shape index (κ3) is 7.86. The van der Waals surface area contributed by atoms with E-state index in [1.54, 1.807) is 0 Å². The number of nitrogens with two attached hydrogens (primary N) is 1. The van der Waals surface area contributed by atoms with Crippen molar-refractivity contribution < 1.29 is 19.4 Å². The average Bonchev–Trinajstić information content (AvgIpc) is 3.39. The molecule has 228 valence electrons. The molecule has 1 heterocycles. The molecule has 0 aliphatic carbocycles. The zero-order valence-corrected chi connectivity index (χ0v) is 25.7. The van der Waals surface area contributed by atoms with Crippen LogP contribution in [0.2, 0.25) is 0 Å². The molecule has 7 nitrogen and oxygen atoms in total. The van der Waals surface area contributed by atoms with Crippen LogP contribution in [0.25, 0.3) is 10.9 Å². The molecule has 0 amide bonds. The molecule has 4 aromatic carbocycles. The zero-order valence-electron chi connectivity index (χ0n) is 25.7. The van der Waals surface area contributed by atoms with Crippen LogP contribution in [0.5, 0.6) is 11.5 Å². The number of hydrogen-bond acceptors (Lipinski definition) is 5. The van der Waals surface area contributed by atoms with Crippen molar-refractivity contribution >= 4 is 16.9 Å². The second kappa shape index (κ2) is 14.3. The number of carboxylic acids is 1. The third-order valence-corrected chi connectivity index (χ3v) is 7.85. The standard InChI is InChI=1S/C37H41N3O4/c1-26-8-6-10-28(20-26)24-43-34-13-5-4-12-31(34)22-40(19-17-33(38)37(41)42)23-32-15-14-30-16-18-39(3)35(30)36(32)44-25-29-11-7-9-27(2)21-29/h4-16,18,20-21,33H,17,19,22-25,38H2,1-3H3,(H,41,42)/t33-/m0/s1. The topological polar surface area (TPSA) is 90.0 Å². The van der Waals surface area contributed by atoms with E-state index in [1.165, 1.54) is 11.1 Å². The first-order valence-corrected chi connectivity index (χ1v) is 15.0. The summed E-state index contributed by atoms with van der Waals surface area (Å²) in [6.07, 6.45) is 2.35. The minimum atomic E-state index is -1.00. The average molecular weight is 592 g/mol. The maximum Gasteiger partial charge on any atom is 0.320 e. The largest absolute Gasteiger partial charge is 0.489 e. The molecular formula is C37H41N3O4. The van der Waals surface area contributed by atoms with Gasteiger partial charge in [0.25, 0.3) is 0 Å². The Morgan fingerprint density at radius 2 is 1.50 bits per heavy atom. The van der Waals surface area contributed by atoms with Crippen molar-refractivity contribution in [1.82, 2.24) is 9.47 Å². The van der Waals surface area contributed by atoms with Gasteiger partial charge in [-0.1, -0.05) is 90.0 Å².